The molecule has 0 rings (SSSR count). The molecule has 24 heavy (non-hydrogen) atoms. The Labute approximate surface area is 146 Å². The average molecular weight is 338 g/mol. The summed E-state index contributed by atoms with van der Waals surface area (Å²) in [4.78, 5) is 10.3. The van der Waals surface area contributed by atoms with Crippen molar-refractivity contribution in [2.24, 2.45) is 0 Å². The van der Waals surface area contributed by atoms with Gasteiger partial charge in [0.1, 0.15) is 5.76 Å². The van der Waals surface area contributed by atoms with E-state index in [-0.39, 0.29) is 11.9 Å². The van der Waals surface area contributed by atoms with E-state index in [4.69, 9.17) is 5.11 Å². The van der Waals surface area contributed by atoms with Crippen molar-refractivity contribution in [3.05, 3.63) is 36.1 Å². The lowest BCUT2D eigenvalue weighted by molar-refractivity contribution is -0.131. The molecule has 4 heteroatoms. The van der Waals surface area contributed by atoms with E-state index in [9.17, 15) is 15.0 Å². The van der Waals surface area contributed by atoms with Gasteiger partial charge >= 0.3 is 5.97 Å². The van der Waals surface area contributed by atoms with Crippen LogP contribution < -0.4 is 0 Å². The molecule has 1 atom stereocenters. The Morgan fingerprint density at radius 2 is 1.54 bits per heavy atom. The fraction of sp³-hybridized carbons (Fsp3) is 0.650. The molecule has 0 spiro atoms. The third-order valence-corrected chi connectivity index (χ3v) is 3.84. The molecule has 0 aliphatic carbocycles. The van der Waals surface area contributed by atoms with E-state index in [1.807, 2.05) is 6.08 Å². The van der Waals surface area contributed by atoms with Gasteiger partial charge < -0.3 is 15.3 Å². The van der Waals surface area contributed by atoms with E-state index in [1.54, 1.807) is 6.08 Å². The zero-order valence-corrected chi connectivity index (χ0v) is 15.0. The molecule has 0 fully saturated rings. The second kappa shape index (κ2) is 16.3. The second-order valence-corrected chi connectivity index (χ2v) is 6.19. The van der Waals surface area contributed by atoms with E-state index in [0.717, 1.165) is 44.6 Å². The number of hydrogen-bond acceptors (Lipinski definition) is 3. The standard InChI is InChI=1S/C20H34O4/c1-2-3-4-5-6-9-13-18(21)14-10-7-8-11-15-19(22)16-12-17-20(23)24/h11-12,15-18,21-22H,2-10,13-14H2,1H3,(H,23,24). The minimum Gasteiger partial charge on any atom is -0.508 e. The first kappa shape index (κ1) is 22.4. The SMILES string of the molecule is CCCCCCCCC(O)CCCCC=CC(O)=CC=CC(=O)O. The Balaban J connectivity index is 3.57. The molecule has 3 N–H and O–H groups in total. The van der Waals surface area contributed by atoms with Crippen LogP contribution in [-0.4, -0.2) is 27.4 Å². The summed E-state index contributed by atoms with van der Waals surface area (Å²) in [5.41, 5.74) is 0. The van der Waals surface area contributed by atoms with E-state index in [1.165, 1.54) is 44.3 Å². The van der Waals surface area contributed by atoms with Crippen molar-refractivity contribution in [2.75, 3.05) is 0 Å². The summed E-state index contributed by atoms with van der Waals surface area (Å²) < 4.78 is 0. The van der Waals surface area contributed by atoms with E-state index < -0.39 is 5.97 Å². The lowest BCUT2D eigenvalue weighted by Crippen LogP contribution is -2.05. The molecule has 0 aliphatic heterocycles. The van der Waals surface area contributed by atoms with Gasteiger partial charge in [-0.2, -0.15) is 0 Å². The number of aliphatic hydroxyl groups is 2. The van der Waals surface area contributed by atoms with Gasteiger partial charge in [-0.25, -0.2) is 4.79 Å². The fourth-order valence-corrected chi connectivity index (χ4v) is 2.44. The Morgan fingerprint density at radius 3 is 2.21 bits per heavy atom. The van der Waals surface area contributed by atoms with Crippen molar-refractivity contribution in [2.45, 2.75) is 83.7 Å². The summed E-state index contributed by atoms with van der Waals surface area (Å²) >= 11 is 0. The zero-order chi connectivity index (χ0) is 18.0. The molecule has 1 unspecified atom stereocenters. The van der Waals surface area contributed by atoms with Crippen LogP contribution >= 0.6 is 0 Å². The van der Waals surface area contributed by atoms with Crippen LogP contribution in [0, 0.1) is 0 Å². The lowest BCUT2D eigenvalue weighted by Gasteiger charge is -2.09. The number of carboxylic acid groups (broad SMARTS) is 1. The first-order chi connectivity index (χ1) is 11.6. The Kier molecular flexibility index (Phi) is 15.3. The monoisotopic (exact) mass is 338 g/mol. The molecule has 4 nitrogen and oxygen atoms in total. The Bertz CT molecular complexity index is 396. The van der Waals surface area contributed by atoms with Gasteiger partial charge in [-0.05, 0) is 37.8 Å². The summed E-state index contributed by atoms with van der Waals surface area (Å²) in [6.45, 7) is 2.22. The molecule has 138 valence electrons. The number of allylic oxidation sites excluding steroid dienone is 4. The second-order valence-electron chi connectivity index (χ2n) is 6.19. The van der Waals surface area contributed by atoms with E-state index in [0.29, 0.717) is 0 Å². The number of carboxylic acids is 1. The molecule has 0 amide bonds. The third-order valence-electron chi connectivity index (χ3n) is 3.84. The topological polar surface area (TPSA) is 77.8 Å². The Hall–Kier alpha value is -1.55. The van der Waals surface area contributed by atoms with Crippen LogP contribution in [0.15, 0.2) is 36.1 Å². The molecule has 0 aromatic heterocycles. The minimum absolute atomic E-state index is 0.0376. The van der Waals surface area contributed by atoms with Crippen LogP contribution in [0.4, 0.5) is 0 Å². The number of aliphatic hydroxyl groups excluding tert-OH is 2. The van der Waals surface area contributed by atoms with Gasteiger partial charge in [-0.1, -0.05) is 64.0 Å². The number of rotatable bonds is 15. The van der Waals surface area contributed by atoms with Crippen molar-refractivity contribution in [1.82, 2.24) is 0 Å². The molecule has 0 aromatic rings. The molecular formula is C20H34O4. The minimum atomic E-state index is -1.04. The first-order valence-corrected chi connectivity index (χ1v) is 9.21. The number of aliphatic carboxylic acids is 1. The maximum atomic E-state index is 10.3. The zero-order valence-electron chi connectivity index (χ0n) is 15.0. The summed E-state index contributed by atoms with van der Waals surface area (Å²) in [6.07, 6.45) is 18.9. The number of hydrogen-bond donors (Lipinski definition) is 3. The van der Waals surface area contributed by atoms with Crippen molar-refractivity contribution in [1.29, 1.82) is 0 Å². The van der Waals surface area contributed by atoms with Gasteiger partial charge in [0.15, 0.2) is 0 Å². The molecule has 0 radical (unpaired) electrons. The lowest BCUT2D eigenvalue weighted by atomic mass is 10.0. The van der Waals surface area contributed by atoms with E-state index in [2.05, 4.69) is 6.92 Å². The summed E-state index contributed by atoms with van der Waals surface area (Å²) in [5.74, 6) is -1.00. The maximum absolute atomic E-state index is 10.3. The van der Waals surface area contributed by atoms with Crippen LogP contribution in [0.3, 0.4) is 0 Å². The maximum Gasteiger partial charge on any atom is 0.328 e. The molecule has 0 aromatic carbocycles. The van der Waals surface area contributed by atoms with Gasteiger partial charge in [0.25, 0.3) is 0 Å². The molecule has 0 saturated carbocycles. The predicted molar refractivity (Wildman–Crippen MR) is 99.1 cm³/mol. The first-order valence-electron chi connectivity index (χ1n) is 9.21. The Morgan fingerprint density at radius 1 is 0.917 bits per heavy atom. The normalized spacial score (nSPS) is 13.8. The van der Waals surface area contributed by atoms with Gasteiger partial charge in [0, 0.05) is 6.08 Å². The van der Waals surface area contributed by atoms with Gasteiger partial charge in [-0.15, -0.1) is 0 Å². The van der Waals surface area contributed by atoms with Gasteiger partial charge in [0.2, 0.25) is 0 Å². The average Bonchev–Trinajstić information content (AvgIpc) is 2.53. The highest BCUT2D eigenvalue weighted by Crippen LogP contribution is 2.13. The third kappa shape index (κ3) is 16.8. The van der Waals surface area contributed by atoms with Crippen LogP contribution in [-0.2, 0) is 4.79 Å². The summed E-state index contributed by atoms with van der Waals surface area (Å²) in [6, 6.07) is 0. The number of unbranched alkanes of at least 4 members (excludes halogenated alkanes) is 7. The van der Waals surface area contributed by atoms with Gasteiger partial charge in [-0.3, -0.25) is 0 Å². The predicted octanol–water partition coefficient (Wildman–Crippen LogP) is 5.30. The number of carbonyl (C=O) groups is 1. The van der Waals surface area contributed by atoms with Crippen molar-refractivity contribution >= 4 is 5.97 Å². The largest absolute Gasteiger partial charge is 0.508 e. The molecule has 0 heterocycles. The molecule has 0 aliphatic rings. The highest BCUT2D eigenvalue weighted by Gasteiger charge is 2.03. The van der Waals surface area contributed by atoms with Crippen LogP contribution in [0.25, 0.3) is 0 Å². The molecular weight excluding hydrogens is 304 g/mol. The van der Waals surface area contributed by atoms with Crippen molar-refractivity contribution in [3.8, 4) is 0 Å². The molecule has 0 saturated heterocycles. The molecule has 0 bridgehead atoms. The smallest absolute Gasteiger partial charge is 0.328 e. The van der Waals surface area contributed by atoms with Gasteiger partial charge in [0.05, 0.1) is 6.10 Å². The van der Waals surface area contributed by atoms with Crippen LogP contribution in [0.1, 0.15) is 77.6 Å². The van der Waals surface area contributed by atoms with Crippen LogP contribution in [0.5, 0.6) is 0 Å². The summed E-state index contributed by atoms with van der Waals surface area (Å²) in [7, 11) is 0. The van der Waals surface area contributed by atoms with E-state index >= 15 is 0 Å². The van der Waals surface area contributed by atoms with Crippen LogP contribution in [0.2, 0.25) is 0 Å². The highest BCUT2D eigenvalue weighted by atomic mass is 16.4. The van der Waals surface area contributed by atoms with Crippen molar-refractivity contribution < 1.29 is 20.1 Å². The quantitative estimate of drug-likeness (QED) is 0.164. The summed E-state index contributed by atoms with van der Waals surface area (Å²) in [5, 5.41) is 27.8. The van der Waals surface area contributed by atoms with Crippen molar-refractivity contribution in [3.63, 3.8) is 0 Å². The highest BCUT2D eigenvalue weighted by molar-refractivity contribution is 5.80. The fourth-order valence-electron chi connectivity index (χ4n) is 2.44.